The predicted molar refractivity (Wildman–Crippen MR) is 76.9 cm³/mol. The fraction of sp³-hybridized carbons (Fsp3) is 0.600. The van der Waals surface area contributed by atoms with Crippen LogP contribution >= 0.6 is 0 Å². The summed E-state index contributed by atoms with van der Waals surface area (Å²) in [5, 5.41) is 3.62. The zero-order valence-corrected chi connectivity index (χ0v) is 12.1. The van der Waals surface area contributed by atoms with Crippen LogP contribution in [0.3, 0.4) is 0 Å². The van der Waals surface area contributed by atoms with Gasteiger partial charge in [-0.1, -0.05) is 6.07 Å². The number of methoxy groups -OCH3 is 2. The third-order valence-corrected chi connectivity index (χ3v) is 3.70. The minimum atomic E-state index is 0.575. The van der Waals surface area contributed by atoms with Crippen molar-refractivity contribution >= 4 is 0 Å². The average Bonchev–Trinajstić information content (AvgIpc) is 2.45. The van der Waals surface area contributed by atoms with Crippen LogP contribution in [0.2, 0.25) is 0 Å². The number of hydrogen-bond donors (Lipinski definition) is 1. The Morgan fingerprint density at radius 2 is 2.16 bits per heavy atom. The number of nitrogens with zero attached hydrogens (tertiary/aromatic N) is 1. The molecule has 1 saturated heterocycles. The van der Waals surface area contributed by atoms with Crippen molar-refractivity contribution < 1.29 is 9.47 Å². The zero-order chi connectivity index (χ0) is 13.7. The highest BCUT2D eigenvalue weighted by Gasteiger charge is 2.16. The normalized spacial score (nSPS) is 20.3. The van der Waals surface area contributed by atoms with E-state index < -0.39 is 0 Å². The molecule has 0 bridgehead atoms. The molecule has 4 nitrogen and oxygen atoms in total. The Balaban J connectivity index is 1.95. The monoisotopic (exact) mass is 264 g/mol. The van der Waals surface area contributed by atoms with Crippen LogP contribution in [-0.4, -0.2) is 45.3 Å². The van der Waals surface area contributed by atoms with E-state index in [2.05, 4.69) is 23.3 Å². The average molecular weight is 264 g/mol. The van der Waals surface area contributed by atoms with Crippen molar-refractivity contribution in [2.75, 3.05) is 34.4 Å². The van der Waals surface area contributed by atoms with E-state index >= 15 is 0 Å². The lowest BCUT2D eigenvalue weighted by atomic mass is 10.1. The van der Waals surface area contributed by atoms with Gasteiger partial charge in [-0.3, -0.25) is 0 Å². The first-order chi connectivity index (χ1) is 9.22. The lowest BCUT2D eigenvalue weighted by Gasteiger charge is -2.30. The maximum Gasteiger partial charge on any atom is 0.127 e. The van der Waals surface area contributed by atoms with Gasteiger partial charge in [0.2, 0.25) is 0 Å². The fourth-order valence-corrected chi connectivity index (χ4v) is 2.59. The molecule has 4 heteroatoms. The smallest absolute Gasteiger partial charge is 0.127 e. The van der Waals surface area contributed by atoms with Crippen molar-refractivity contribution in [2.45, 2.75) is 25.4 Å². The Labute approximate surface area is 115 Å². The summed E-state index contributed by atoms with van der Waals surface area (Å²) in [6.45, 7) is 3.17. The number of rotatable bonds is 5. The molecule has 0 saturated carbocycles. The SMILES string of the molecule is COc1ccc(CNC2CCCN(C)C2)c(OC)c1. The number of hydrogen-bond acceptors (Lipinski definition) is 4. The van der Waals surface area contributed by atoms with Crippen LogP contribution in [0.4, 0.5) is 0 Å². The quantitative estimate of drug-likeness (QED) is 0.880. The van der Waals surface area contributed by atoms with E-state index in [4.69, 9.17) is 9.47 Å². The number of benzene rings is 1. The molecule has 1 aromatic rings. The molecular weight excluding hydrogens is 240 g/mol. The second-order valence-electron chi connectivity index (χ2n) is 5.16. The summed E-state index contributed by atoms with van der Waals surface area (Å²) in [5.41, 5.74) is 1.18. The molecule has 1 heterocycles. The van der Waals surface area contributed by atoms with Gasteiger partial charge in [0.1, 0.15) is 11.5 Å². The van der Waals surface area contributed by atoms with Gasteiger partial charge in [0, 0.05) is 30.8 Å². The predicted octanol–water partition coefficient (Wildman–Crippen LogP) is 1.89. The van der Waals surface area contributed by atoms with Crippen LogP contribution < -0.4 is 14.8 Å². The van der Waals surface area contributed by atoms with Crippen molar-refractivity contribution in [3.63, 3.8) is 0 Å². The molecule has 1 aromatic carbocycles. The summed E-state index contributed by atoms with van der Waals surface area (Å²) in [4.78, 5) is 2.38. The molecule has 0 radical (unpaired) electrons. The van der Waals surface area contributed by atoms with Gasteiger partial charge >= 0.3 is 0 Å². The molecule has 1 atom stereocenters. The fourth-order valence-electron chi connectivity index (χ4n) is 2.59. The minimum Gasteiger partial charge on any atom is -0.497 e. The second kappa shape index (κ2) is 6.78. The first-order valence-electron chi connectivity index (χ1n) is 6.85. The largest absolute Gasteiger partial charge is 0.497 e. The summed E-state index contributed by atoms with van der Waals surface area (Å²) in [6.07, 6.45) is 2.52. The van der Waals surface area contributed by atoms with Crippen molar-refractivity contribution in [2.24, 2.45) is 0 Å². The first-order valence-corrected chi connectivity index (χ1v) is 6.85. The van der Waals surface area contributed by atoms with Gasteiger partial charge in [-0.15, -0.1) is 0 Å². The molecule has 1 N–H and O–H groups in total. The molecule has 1 aliphatic heterocycles. The first kappa shape index (κ1) is 14.2. The summed E-state index contributed by atoms with van der Waals surface area (Å²) >= 11 is 0. The van der Waals surface area contributed by atoms with Gasteiger partial charge in [0.05, 0.1) is 14.2 Å². The number of piperidine rings is 1. The third-order valence-electron chi connectivity index (χ3n) is 3.70. The summed E-state index contributed by atoms with van der Waals surface area (Å²) in [7, 11) is 5.55. The van der Waals surface area contributed by atoms with E-state index in [1.165, 1.54) is 24.9 Å². The molecule has 0 aliphatic carbocycles. The van der Waals surface area contributed by atoms with Crippen LogP contribution in [0.5, 0.6) is 11.5 Å². The minimum absolute atomic E-state index is 0.575. The van der Waals surface area contributed by atoms with Crippen LogP contribution in [0.15, 0.2) is 18.2 Å². The Kier molecular flexibility index (Phi) is 5.05. The molecule has 1 fully saturated rings. The van der Waals surface area contributed by atoms with Gasteiger partial charge in [-0.25, -0.2) is 0 Å². The summed E-state index contributed by atoms with van der Waals surface area (Å²) in [6, 6.07) is 6.55. The third kappa shape index (κ3) is 3.85. The number of ether oxygens (including phenoxy) is 2. The van der Waals surface area contributed by atoms with Crippen LogP contribution in [-0.2, 0) is 6.54 Å². The van der Waals surface area contributed by atoms with Gasteiger partial charge < -0.3 is 19.7 Å². The Morgan fingerprint density at radius 1 is 1.32 bits per heavy atom. The van der Waals surface area contributed by atoms with Gasteiger partial charge in [-0.2, -0.15) is 0 Å². The standard InChI is InChI=1S/C15H24N2O2/c1-17-8-4-5-13(11-17)16-10-12-6-7-14(18-2)9-15(12)19-3/h6-7,9,13,16H,4-5,8,10-11H2,1-3H3. The number of likely N-dealkylation sites (tertiary alicyclic amines) is 1. The summed E-state index contributed by atoms with van der Waals surface area (Å²) < 4.78 is 10.6. The van der Waals surface area contributed by atoms with E-state index in [0.717, 1.165) is 24.6 Å². The molecule has 0 amide bonds. The Bertz CT molecular complexity index is 409. The topological polar surface area (TPSA) is 33.7 Å². The van der Waals surface area contributed by atoms with Gasteiger partial charge in [0.25, 0.3) is 0 Å². The van der Waals surface area contributed by atoms with Crippen LogP contribution in [0, 0.1) is 0 Å². The van der Waals surface area contributed by atoms with E-state index in [1.54, 1.807) is 14.2 Å². The maximum atomic E-state index is 5.42. The second-order valence-corrected chi connectivity index (χ2v) is 5.16. The van der Waals surface area contributed by atoms with Crippen molar-refractivity contribution in [1.29, 1.82) is 0 Å². The van der Waals surface area contributed by atoms with Gasteiger partial charge in [0.15, 0.2) is 0 Å². The molecule has 1 unspecified atom stereocenters. The zero-order valence-electron chi connectivity index (χ0n) is 12.1. The highest BCUT2D eigenvalue weighted by Crippen LogP contribution is 2.24. The highest BCUT2D eigenvalue weighted by atomic mass is 16.5. The van der Waals surface area contributed by atoms with E-state index in [1.807, 2.05) is 12.1 Å². The Hall–Kier alpha value is -1.26. The Morgan fingerprint density at radius 3 is 2.84 bits per heavy atom. The van der Waals surface area contributed by atoms with Crippen LogP contribution in [0.1, 0.15) is 18.4 Å². The lowest BCUT2D eigenvalue weighted by molar-refractivity contribution is 0.226. The molecule has 0 aromatic heterocycles. The molecule has 2 rings (SSSR count). The molecule has 19 heavy (non-hydrogen) atoms. The number of likely N-dealkylation sites (N-methyl/N-ethyl adjacent to an activating group) is 1. The van der Waals surface area contributed by atoms with Crippen molar-refractivity contribution in [3.8, 4) is 11.5 Å². The van der Waals surface area contributed by atoms with Gasteiger partial charge in [-0.05, 0) is 32.5 Å². The van der Waals surface area contributed by atoms with Crippen molar-refractivity contribution in [3.05, 3.63) is 23.8 Å². The number of nitrogens with one attached hydrogen (secondary N) is 1. The van der Waals surface area contributed by atoms with E-state index in [0.29, 0.717) is 6.04 Å². The summed E-state index contributed by atoms with van der Waals surface area (Å²) in [5.74, 6) is 1.72. The van der Waals surface area contributed by atoms with E-state index in [-0.39, 0.29) is 0 Å². The highest BCUT2D eigenvalue weighted by molar-refractivity contribution is 5.40. The molecule has 0 spiro atoms. The molecule has 106 valence electrons. The molecule has 1 aliphatic rings. The van der Waals surface area contributed by atoms with Crippen molar-refractivity contribution in [1.82, 2.24) is 10.2 Å². The molecular formula is C15H24N2O2. The van der Waals surface area contributed by atoms with Crippen LogP contribution in [0.25, 0.3) is 0 Å². The maximum absolute atomic E-state index is 5.42. The van der Waals surface area contributed by atoms with E-state index in [9.17, 15) is 0 Å². The lowest BCUT2D eigenvalue weighted by Crippen LogP contribution is -2.43.